The molecule has 94 valence electrons. The Morgan fingerprint density at radius 1 is 1.44 bits per heavy atom. The van der Waals surface area contributed by atoms with Crippen LogP contribution in [0.5, 0.6) is 0 Å². The highest BCUT2D eigenvalue weighted by molar-refractivity contribution is 6.31. The molecule has 0 bridgehead atoms. The molecular weight excluding hydrogens is 259 g/mol. The van der Waals surface area contributed by atoms with Crippen molar-refractivity contribution < 1.29 is 14.3 Å². The molecule has 4 nitrogen and oxygen atoms in total. The van der Waals surface area contributed by atoms with E-state index in [0.29, 0.717) is 6.54 Å². The molecule has 0 aliphatic carbocycles. The summed E-state index contributed by atoms with van der Waals surface area (Å²) >= 11 is 5.69. The van der Waals surface area contributed by atoms with E-state index in [-0.39, 0.29) is 11.4 Å². The van der Waals surface area contributed by atoms with Crippen LogP contribution in [-0.2, 0) is 11.3 Å². The van der Waals surface area contributed by atoms with E-state index in [9.17, 15) is 9.18 Å². The summed E-state index contributed by atoms with van der Waals surface area (Å²) in [6.07, 6.45) is 3.29. The van der Waals surface area contributed by atoms with E-state index >= 15 is 0 Å². The molecule has 2 rings (SSSR count). The van der Waals surface area contributed by atoms with E-state index < -0.39 is 11.8 Å². The van der Waals surface area contributed by atoms with Crippen LogP contribution in [-0.4, -0.2) is 20.9 Å². The average molecular weight is 269 g/mol. The highest BCUT2D eigenvalue weighted by Crippen LogP contribution is 2.24. The Labute approximate surface area is 108 Å². The van der Waals surface area contributed by atoms with Gasteiger partial charge in [0.25, 0.3) is 0 Å². The van der Waals surface area contributed by atoms with Crippen LogP contribution in [0.3, 0.4) is 0 Å². The van der Waals surface area contributed by atoms with E-state index in [4.69, 9.17) is 16.7 Å². The maximum Gasteiger partial charge on any atom is 0.305 e. The van der Waals surface area contributed by atoms with E-state index in [0.717, 1.165) is 11.1 Å². The largest absolute Gasteiger partial charge is 0.481 e. The minimum Gasteiger partial charge on any atom is -0.481 e. The molecule has 0 saturated carbocycles. The SMILES string of the molecule is O=C(O)CCn1cc(-c2ccc(F)c(Cl)c2)cn1. The van der Waals surface area contributed by atoms with E-state index in [2.05, 4.69) is 5.10 Å². The van der Waals surface area contributed by atoms with E-state index in [1.165, 1.54) is 16.8 Å². The first-order chi connectivity index (χ1) is 8.56. The van der Waals surface area contributed by atoms with Crippen LogP contribution in [0.4, 0.5) is 4.39 Å². The number of aliphatic carboxylic acids is 1. The van der Waals surface area contributed by atoms with E-state index in [1.54, 1.807) is 18.5 Å². The van der Waals surface area contributed by atoms with Crippen LogP contribution in [0.2, 0.25) is 5.02 Å². The number of aryl methyl sites for hydroxylation is 1. The predicted molar refractivity (Wildman–Crippen MR) is 64.9 cm³/mol. The van der Waals surface area contributed by atoms with Gasteiger partial charge in [0.2, 0.25) is 0 Å². The lowest BCUT2D eigenvalue weighted by atomic mass is 10.1. The minimum absolute atomic E-state index is 0.00525. The molecule has 1 heterocycles. The summed E-state index contributed by atoms with van der Waals surface area (Å²) < 4.78 is 14.5. The third-order valence-electron chi connectivity index (χ3n) is 2.44. The third kappa shape index (κ3) is 2.87. The Balaban J connectivity index is 2.18. The van der Waals surface area contributed by atoms with Crippen molar-refractivity contribution in [2.45, 2.75) is 13.0 Å². The maximum absolute atomic E-state index is 13.0. The van der Waals surface area contributed by atoms with Gasteiger partial charge in [0.15, 0.2) is 0 Å². The summed E-state index contributed by atoms with van der Waals surface area (Å²) in [7, 11) is 0. The fourth-order valence-electron chi connectivity index (χ4n) is 1.52. The van der Waals surface area contributed by atoms with Crippen molar-refractivity contribution in [1.82, 2.24) is 9.78 Å². The molecule has 0 aliphatic rings. The average Bonchev–Trinajstić information content (AvgIpc) is 2.79. The van der Waals surface area contributed by atoms with Gasteiger partial charge in [-0.15, -0.1) is 0 Å². The molecule has 1 N–H and O–H groups in total. The smallest absolute Gasteiger partial charge is 0.305 e. The molecule has 6 heteroatoms. The second-order valence-electron chi connectivity index (χ2n) is 3.76. The van der Waals surface area contributed by atoms with Crippen molar-refractivity contribution in [2.75, 3.05) is 0 Å². The zero-order valence-corrected chi connectivity index (χ0v) is 10.1. The topological polar surface area (TPSA) is 55.1 Å². The molecule has 0 amide bonds. The van der Waals surface area contributed by atoms with Crippen LogP contribution >= 0.6 is 11.6 Å². The lowest BCUT2D eigenvalue weighted by molar-refractivity contribution is -0.137. The van der Waals surface area contributed by atoms with Gasteiger partial charge in [0.1, 0.15) is 5.82 Å². The Kier molecular flexibility index (Phi) is 3.62. The summed E-state index contributed by atoms with van der Waals surface area (Å²) in [6, 6.07) is 4.39. The first-order valence-electron chi connectivity index (χ1n) is 5.26. The summed E-state index contributed by atoms with van der Waals surface area (Å²) in [4.78, 5) is 10.4. The van der Waals surface area contributed by atoms with E-state index in [1.807, 2.05) is 0 Å². The predicted octanol–water partition coefficient (Wildman–Crippen LogP) is 2.82. The van der Waals surface area contributed by atoms with Gasteiger partial charge in [-0.2, -0.15) is 5.10 Å². The molecule has 0 aliphatic heterocycles. The zero-order valence-electron chi connectivity index (χ0n) is 9.31. The molecule has 18 heavy (non-hydrogen) atoms. The number of hydrogen-bond donors (Lipinski definition) is 1. The van der Waals surface area contributed by atoms with Crippen molar-refractivity contribution in [3.63, 3.8) is 0 Å². The number of nitrogens with zero attached hydrogens (tertiary/aromatic N) is 2. The van der Waals surface area contributed by atoms with Crippen LogP contribution in [0.1, 0.15) is 6.42 Å². The van der Waals surface area contributed by atoms with Gasteiger partial charge < -0.3 is 5.11 Å². The Hall–Kier alpha value is -1.88. The summed E-state index contributed by atoms with van der Waals surface area (Å²) in [5, 5.41) is 12.6. The lowest BCUT2D eigenvalue weighted by Crippen LogP contribution is -2.04. The molecule has 1 aromatic heterocycles. The quantitative estimate of drug-likeness (QED) is 0.928. The van der Waals surface area contributed by atoms with Crippen molar-refractivity contribution in [3.8, 4) is 11.1 Å². The summed E-state index contributed by atoms with van der Waals surface area (Å²) in [6.45, 7) is 0.296. The summed E-state index contributed by atoms with van der Waals surface area (Å²) in [5.41, 5.74) is 1.50. The maximum atomic E-state index is 13.0. The van der Waals surface area contributed by atoms with Gasteiger partial charge in [-0.3, -0.25) is 9.48 Å². The van der Waals surface area contributed by atoms with Crippen LogP contribution in [0.25, 0.3) is 11.1 Å². The third-order valence-corrected chi connectivity index (χ3v) is 2.73. The Morgan fingerprint density at radius 2 is 2.22 bits per heavy atom. The normalized spacial score (nSPS) is 10.6. The number of rotatable bonds is 4. The summed E-state index contributed by atoms with van der Waals surface area (Å²) in [5.74, 6) is -1.35. The first kappa shape index (κ1) is 12.6. The number of benzene rings is 1. The molecule has 0 unspecified atom stereocenters. The second-order valence-corrected chi connectivity index (χ2v) is 4.17. The lowest BCUT2D eigenvalue weighted by Gasteiger charge is -1.99. The Bertz CT molecular complexity index is 583. The van der Waals surface area contributed by atoms with Crippen molar-refractivity contribution in [3.05, 3.63) is 41.4 Å². The minimum atomic E-state index is -0.878. The van der Waals surface area contributed by atoms with Gasteiger partial charge in [0, 0.05) is 11.8 Å². The number of carboxylic acids is 1. The molecule has 1 aromatic carbocycles. The van der Waals surface area contributed by atoms with Gasteiger partial charge in [-0.1, -0.05) is 17.7 Å². The second kappa shape index (κ2) is 5.18. The number of aromatic nitrogens is 2. The highest BCUT2D eigenvalue weighted by Gasteiger charge is 2.06. The van der Waals surface area contributed by atoms with Gasteiger partial charge in [0.05, 0.1) is 24.2 Å². The van der Waals surface area contributed by atoms with Crippen molar-refractivity contribution in [2.24, 2.45) is 0 Å². The van der Waals surface area contributed by atoms with Crippen LogP contribution in [0.15, 0.2) is 30.6 Å². The van der Waals surface area contributed by atoms with Gasteiger partial charge in [-0.05, 0) is 17.7 Å². The first-order valence-corrected chi connectivity index (χ1v) is 5.64. The monoisotopic (exact) mass is 268 g/mol. The molecule has 0 fully saturated rings. The van der Waals surface area contributed by atoms with Gasteiger partial charge in [-0.25, -0.2) is 4.39 Å². The van der Waals surface area contributed by atoms with Crippen molar-refractivity contribution in [1.29, 1.82) is 0 Å². The van der Waals surface area contributed by atoms with Gasteiger partial charge >= 0.3 is 5.97 Å². The molecule has 0 atom stereocenters. The standard InChI is InChI=1S/C12H10ClFN2O2/c13-10-5-8(1-2-11(10)14)9-6-15-16(7-9)4-3-12(17)18/h1-2,5-7H,3-4H2,(H,17,18). The zero-order chi connectivity index (χ0) is 13.1. The Morgan fingerprint density at radius 3 is 2.89 bits per heavy atom. The number of halogens is 2. The molecule has 0 radical (unpaired) electrons. The fourth-order valence-corrected chi connectivity index (χ4v) is 1.70. The number of carboxylic acid groups (broad SMARTS) is 1. The van der Waals surface area contributed by atoms with Crippen LogP contribution in [0, 0.1) is 5.82 Å². The molecule has 0 spiro atoms. The van der Waals surface area contributed by atoms with Crippen molar-refractivity contribution >= 4 is 17.6 Å². The molecule has 2 aromatic rings. The molecule has 0 saturated heterocycles. The fraction of sp³-hybridized carbons (Fsp3) is 0.167. The number of carbonyl (C=O) groups is 1. The van der Waals surface area contributed by atoms with Crippen LogP contribution < -0.4 is 0 Å². The number of hydrogen-bond acceptors (Lipinski definition) is 2. The molecular formula is C12H10ClFN2O2. The highest BCUT2D eigenvalue weighted by atomic mass is 35.5.